The molecule has 0 unspecified atom stereocenters. The average molecular weight is 299 g/mol. The minimum atomic E-state index is -0.0783. The molecule has 0 amide bonds. The van der Waals surface area contributed by atoms with E-state index in [-0.39, 0.29) is 6.10 Å². The molecule has 0 saturated heterocycles. The molecule has 1 N–H and O–H groups in total. The van der Waals surface area contributed by atoms with E-state index >= 15 is 0 Å². The molecule has 2 aliphatic rings. The van der Waals surface area contributed by atoms with Crippen LogP contribution in [0.1, 0.15) is 56.0 Å². The summed E-state index contributed by atoms with van der Waals surface area (Å²) in [5.74, 6) is 1.82. The van der Waals surface area contributed by atoms with Gasteiger partial charge in [-0.05, 0) is 60.9 Å². The lowest BCUT2D eigenvalue weighted by molar-refractivity contribution is 0.120. The predicted molar refractivity (Wildman–Crippen MR) is 70.1 cm³/mol. The summed E-state index contributed by atoms with van der Waals surface area (Å²) in [6.07, 6.45) is 7.68. The third kappa shape index (κ3) is 2.17. The minimum Gasteiger partial charge on any atom is -0.393 e. The molecule has 94 valence electrons. The van der Waals surface area contributed by atoms with Crippen molar-refractivity contribution in [1.29, 1.82) is 0 Å². The summed E-state index contributed by atoms with van der Waals surface area (Å²) < 4.78 is 3.48. The van der Waals surface area contributed by atoms with Gasteiger partial charge in [-0.15, -0.1) is 0 Å². The van der Waals surface area contributed by atoms with E-state index in [1.54, 1.807) is 0 Å². The van der Waals surface area contributed by atoms with Gasteiger partial charge in [0.25, 0.3) is 0 Å². The van der Waals surface area contributed by atoms with Gasteiger partial charge in [0.15, 0.2) is 0 Å². The van der Waals surface area contributed by atoms with E-state index in [2.05, 4.69) is 20.5 Å². The normalized spacial score (nSPS) is 29.1. The average Bonchev–Trinajstić information content (AvgIpc) is 2.69. The van der Waals surface area contributed by atoms with Crippen LogP contribution in [-0.4, -0.2) is 20.8 Å². The van der Waals surface area contributed by atoms with E-state index in [1.807, 2.05) is 0 Å². The number of aliphatic hydroxyl groups is 1. The summed E-state index contributed by atoms with van der Waals surface area (Å²) in [4.78, 5) is 4.74. The van der Waals surface area contributed by atoms with Crippen LogP contribution >= 0.6 is 15.9 Å². The Kier molecular flexibility index (Phi) is 3.26. The van der Waals surface area contributed by atoms with E-state index in [0.717, 1.165) is 43.3 Å². The molecule has 2 heterocycles. The number of hydrogen-bond donors (Lipinski definition) is 1. The Morgan fingerprint density at radius 1 is 1.18 bits per heavy atom. The zero-order valence-electron chi connectivity index (χ0n) is 10.0. The summed E-state index contributed by atoms with van der Waals surface area (Å²) in [6.45, 7) is 1.13. The molecular weight excluding hydrogens is 280 g/mol. The number of halogens is 1. The molecule has 3 rings (SSSR count). The van der Waals surface area contributed by atoms with Crippen LogP contribution < -0.4 is 0 Å². The van der Waals surface area contributed by atoms with Crippen molar-refractivity contribution in [3.05, 3.63) is 16.1 Å². The van der Waals surface area contributed by atoms with Gasteiger partial charge in [-0.25, -0.2) is 4.98 Å². The molecule has 1 aliphatic heterocycles. The molecule has 0 spiro atoms. The monoisotopic (exact) mass is 298 g/mol. The van der Waals surface area contributed by atoms with Crippen LogP contribution in [0.25, 0.3) is 0 Å². The molecule has 1 aromatic heterocycles. The van der Waals surface area contributed by atoms with Gasteiger partial charge in [0.1, 0.15) is 10.4 Å². The summed E-state index contributed by atoms with van der Waals surface area (Å²) in [6, 6.07) is 0. The highest BCUT2D eigenvalue weighted by Gasteiger charge is 2.27. The first-order valence-corrected chi connectivity index (χ1v) is 7.48. The second-order valence-electron chi connectivity index (χ2n) is 5.32. The quantitative estimate of drug-likeness (QED) is 0.865. The van der Waals surface area contributed by atoms with Gasteiger partial charge in [0.2, 0.25) is 0 Å². The Balaban J connectivity index is 1.87. The maximum Gasteiger partial charge on any atom is 0.127 e. The summed E-state index contributed by atoms with van der Waals surface area (Å²) >= 11 is 3.60. The number of aromatic nitrogens is 2. The van der Waals surface area contributed by atoms with Gasteiger partial charge in [-0.2, -0.15) is 0 Å². The van der Waals surface area contributed by atoms with Gasteiger partial charge in [0, 0.05) is 12.5 Å². The van der Waals surface area contributed by atoms with Gasteiger partial charge in [0.05, 0.1) is 11.8 Å². The number of imidazole rings is 1. The Hall–Kier alpha value is -0.350. The Bertz CT molecular complexity index is 408. The Morgan fingerprint density at radius 2 is 1.94 bits per heavy atom. The van der Waals surface area contributed by atoms with E-state index in [4.69, 9.17) is 4.98 Å². The summed E-state index contributed by atoms with van der Waals surface area (Å²) in [5, 5.41) is 9.58. The van der Waals surface area contributed by atoms with Crippen molar-refractivity contribution in [2.45, 2.75) is 63.5 Å². The third-order valence-corrected chi connectivity index (χ3v) is 4.80. The number of aliphatic hydroxyl groups excluding tert-OH is 1. The molecule has 1 fully saturated rings. The van der Waals surface area contributed by atoms with Crippen LogP contribution in [0.15, 0.2) is 4.60 Å². The van der Waals surface area contributed by atoms with Gasteiger partial charge in [-0.1, -0.05) is 0 Å². The van der Waals surface area contributed by atoms with Gasteiger partial charge < -0.3 is 9.67 Å². The van der Waals surface area contributed by atoms with Crippen LogP contribution in [0.2, 0.25) is 0 Å². The number of rotatable bonds is 1. The lowest BCUT2D eigenvalue weighted by Gasteiger charge is -2.26. The summed E-state index contributed by atoms with van der Waals surface area (Å²) in [5.41, 5.74) is 1.39. The molecule has 1 aliphatic carbocycles. The topological polar surface area (TPSA) is 38.1 Å². The zero-order chi connectivity index (χ0) is 11.8. The molecule has 1 aromatic rings. The van der Waals surface area contributed by atoms with Crippen molar-refractivity contribution in [2.75, 3.05) is 0 Å². The maximum absolute atomic E-state index is 9.58. The fourth-order valence-electron chi connectivity index (χ4n) is 3.17. The van der Waals surface area contributed by atoms with Crippen molar-refractivity contribution in [1.82, 2.24) is 9.55 Å². The number of nitrogens with zero attached hydrogens (tertiary/aromatic N) is 2. The Morgan fingerprint density at radius 3 is 2.71 bits per heavy atom. The molecular formula is C13H19BrN2O. The predicted octanol–water partition coefficient (Wildman–Crippen LogP) is 3.00. The second-order valence-corrected chi connectivity index (χ2v) is 6.07. The largest absolute Gasteiger partial charge is 0.393 e. The van der Waals surface area contributed by atoms with Crippen molar-refractivity contribution >= 4 is 15.9 Å². The fraction of sp³-hybridized carbons (Fsp3) is 0.769. The second kappa shape index (κ2) is 4.73. The van der Waals surface area contributed by atoms with Crippen LogP contribution in [0.5, 0.6) is 0 Å². The maximum atomic E-state index is 9.58. The molecule has 0 atom stereocenters. The van der Waals surface area contributed by atoms with E-state index < -0.39 is 0 Å². The third-order valence-electron chi connectivity index (χ3n) is 4.16. The number of hydrogen-bond acceptors (Lipinski definition) is 2. The van der Waals surface area contributed by atoms with E-state index in [0.29, 0.717) is 5.92 Å². The zero-order valence-corrected chi connectivity index (χ0v) is 11.6. The highest BCUT2D eigenvalue weighted by atomic mass is 79.9. The molecule has 4 heteroatoms. The molecule has 0 bridgehead atoms. The van der Waals surface area contributed by atoms with E-state index in [9.17, 15) is 5.11 Å². The minimum absolute atomic E-state index is 0.0783. The Labute approximate surface area is 110 Å². The highest BCUT2D eigenvalue weighted by Crippen LogP contribution is 2.36. The lowest BCUT2D eigenvalue weighted by atomic mass is 9.87. The van der Waals surface area contributed by atoms with Gasteiger partial charge in [-0.3, -0.25) is 0 Å². The van der Waals surface area contributed by atoms with Crippen LogP contribution in [0.4, 0.5) is 0 Å². The molecule has 3 nitrogen and oxygen atoms in total. The van der Waals surface area contributed by atoms with E-state index in [1.165, 1.54) is 24.4 Å². The van der Waals surface area contributed by atoms with Crippen molar-refractivity contribution in [3.8, 4) is 0 Å². The van der Waals surface area contributed by atoms with Crippen molar-refractivity contribution < 1.29 is 5.11 Å². The smallest absolute Gasteiger partial charge is 0.127 e. The highest BCUT2D eigenvalue weighted by molar-refractivity contribution is 9.10. The SMILES string of the molecule is OC1CCC(c2nc(Br)c3n2CCCC3)CC1. The standard InChI is InChI=1S/C13H19BrN2O/c14-12-11-3-1-2-8-16(11)13(15-12)9-4-6-10(17)7-5-9/h9-10,17H,1-8H2. The lowest BCUT2D eigenvalue weighted by Crippen LogP contribution is -2.21. The molecule has 1 saturated carbocycles. The van der Waals surface area contributed by atoms with Crippen molar-refractivity contribution in [3.63, 3.8) is 0 Å². The van der Waals surface area contributed by atoms with Gasteiger partial charge >= 0.3 is 0 Å². The molecule has 0 radical (unpaired) electrons. The van der Waals surface area contributed by atoms with Crippen LogP contribution in [-0.2, 0) is 13.0 Å². The first-order valence-electron chi connectivity index (χ1n) is 6.68. The molecule has 0 aromatic carbocycles. The molecule has 17 heavy (non-hydrogen) atoms. The first-order chi connectivity index (χ1) is 8.25. The van der Waals surface area contributed by atoms with Crippen LogP contribution in [0, 0.1) is 0 Å². The first kappa shape index (κ1) is 11.7. The van der Waals surface area contributed by atoms with Crippen LogP contribution in [0.3, 0.4) is 0 Å². The summed E-state index contributed by atoms with van der Waals surface area (Å²) in [7, 11) is 0. The van der Waals surface area contributed by atoms with Crippen molar-refractivity contribution in [2.24, 2.45) is 0 Å². The number of fused-ring (bicyclic) bond motifs is 1. The fourth-order valence-corrected chi connectivity index (χ4v) is 3.76.